The van der Waals surface area contributed by atoms with Crippen LogP contribution in [0, 0.1) is 0 Å². The summed E-state index contributed by atoms with van der Waals surface area (Å²) in [5.41, 5.74) is 11.1. The van der Waals surface area contributed by atoms with Gasteiger partial charge in [0.25, 0.3) is 0 Å². The van der Waals surface area contributed by atoms with Crippen LogP contribution in [0.4, 0.5) is 0 Å². The fraction of sp³-hybridized carbons (Fsp3) is 1.00. The van der Waals surface area contributed by atoms with Gasteiger partial charge in [0.2, 0.25) is 0 Å². The molecule has 1 aliphatic heterocycles. The molecule has 1 fully saturated rings. The van der Waals surface area contributed by atoms with E-state index in [2.05, 4.69) is 0 Å². The van der Waals surface area contributed by atoms with Gasteiger partial charge in [0, 0.05) is 6.04 Å². The Kier molecular flexibility index (Phi) is 2.25. The SMILES string of the molecule is C[C@H]1O[C@H](O)[C@H](N)C[C@H]1N. The van der Waals surface area contributed by atoms with E-state index in [0.29, 0.717) is 6.42 Å². The minimum Gasteiger partial charge on any atom is -0.367 e. The van der Waals surface area contributed by atoms with Crippen molar-refractivity contribution in [2.24, 2.45) is 11.5 Å². The Labute approximate surface area is 60.1 Å². The van der Waals surface area contributed by atoms with E-state index in [1.165, 1.54) is 0 Å². The Hall–Kier alpha value is -0.160. The molecule has 0 amide bonds. The third kappa shape index (κ3) is 1.46. The van der Waals surface area contributed by atoms with Crippen LogP contribution in [0.25, 0.3) is 0 Å². The second-order valence-electron chi connectivity index (χ2n) is 2.80. The summed E-state index contributed by atoms with van der Waals surface area (Å²) in [6.07, 6.45) is -0.299. The van der Waals surface area contributed by atoms with Crippen LogP contribution in [0.3, 0.4) is 0 Å². The fourth-order valence-corrected chi connectivity index (χ4v) is 1.04. The number of aliphatic hydroxyl groups is 1. The number of ether oxygens (including phenoxy) is 1. The third-order valence-corrected chi connectivity index (χ3v) is 1.87. The molecule has 5 N–H and O–H groups in total. The van der Waals surface area contributed by atoms with Crippen molar-refractivity contribution in [1.29, 1.82) is 0 Å². The van der Waals surface area contributed by atoms with Crippen LogP contribution in [-0.4, -0.2) is 29.6 Å². The second-order valence-corrected chi connectivity index (χ2v) is 2.80. The lowest BCUT2D eigenvalue weighted by Crippen LogP contribution is -2.53. The normalized spacial score (nSPS) is 49.2. The minimum absolute atomic E-state index is 0.0431. The Morgan fingerprint density at radius 2 is 2.00 bits per heavy atom. The Morgan fingerprint density at radius 3 is 2.50 bits per heavy atom. The van der Waals surface area contributed by atoms with E-state index in [0.717, 1.165) is 0 Å². The molecule has 0 aromatic carbocycles. The van der Waals surface area contributed by atoms with Crippen molar-refractivity contribution >= 4 is 0 Å². The van der Waals surface area contributed by atoms with E-state index < -0.39 is 6.29 Å². The largest absolute Gasteiger partial charge is 0.367 e. The second kappa shape index (κ2) is 2.84. The number of aliphatic hydroxyl groups excluding tert-OH is 1. The first-order valence-electron chi connectivity index (χ1n) is 3.46. The number of hydrogen-bond donors (Lipinski definition) is 3. The predicted octanol–water partition coefficient (Wildman–Crippen LogP) is -1.23. The molecule has 0 aliphatic carbocycles. The van der Waals surface area contributed by atoms with Crippen molar-refractivity contribution in [3.63, 3.8) is 0 Å². The molecule has 0 unspecified atom stereocenters. The molecule has 0 radical (unpaired) electrons. The van der Waals surface area contributed by atoms with E-state index >= 15 is 0 Å². The van der Waals surface area contributed by atoms with Gasteiger partial charge in [0.1, 0.15) is 0 Å². The van der Waals surface area contributed by atoms with Gasteiger partial charge >= 0.3 is 0 Å². The quantitative estimate of drug-likeness (QED) is 0.399. The summed E-state index contributed by atoms with van der Waals surface area (Å²) >= 11 is 0. The standard InChI is InChI=1S/C6H14N2O2/c1-3-4(7)2-5(8)6(9)10-3/h3-6,9H,2,7-8H2,1H3/t3-,4-,5-,6+/m1/s1. The Bertz CT molecular complexity index is 94.3. The highest BCUT2D eigenvalue weighted by Crippen LogP contribution is 2.14. The molecule has 0 spiro atoms. The van der Waals surface area contributed by atoms with Crippen molar-refractivity contribution in [3.05, 3.63) is 0 Å². The maximum Gasteiger partial charge on any atom is 0.170 e. The molecule has 10 heavy (non-hydrogen) atoms. The zero-order valence-corrected chi connectivity index (χ0v) is 6.03. The summed E-state index contributed by atoms with van der Waals surface area (Å²) in [6.45, 7) is 1.83. The lowest BCUT2D eigenvalue weighted by Gasteiger charge is -2.33. The molecule has 0 saturated carbocycles. The summed E-state index contributed by atoms with van der Waals surface area (Å²) in [6, 6.07) is -0.371. The zero-order valence-electron chi connectivity index (χ0n) is 6.03. The van der Waals surface area contributed by atoms with Crippen LogP contribution < -0.4 is 11.5 Å². The van der Waals surface area contributed by atoms with Crippen LogP contribution >= 0.6 is 0 Å². The van der Waals surface area contributed by atoms with Gasteiger partial charge < -0.3 is 21.3 Å². The van der Waals surface area contributed by atoms with E-state index in [9.17, 15) is 0 Å². The minimum atomic E-state index is -0.838. The van der Waals surface area contributed by atoms with Crippen LogP contribution in [0.15, 0.2) is 0 Å². The monoisotopic (exact) mass is 146 g/mol. The Balaban J connectivity index is 2.46. The van der Waals surface area contributed by atoms with Crippen LogP contribution in [0.1, 0.15) is 13.3 Å². The molecule has 1 aliphatic rings. The van der Waals surface area contributed by atoms with Crippen LogP contribution in [0.5, 0.6) is 0 Å². The maximum absolute atomic E-state index is 9.06. The molecule has 1 heterocycles. The van der Waals surface area contributed by atoms with Gasteiger partial charge in [-0.25, -0.2) is 0 Å². The summed E-state index contributed by atoms with van der Waals surface area (Å²) in [4.78, 5) is 0. The van der Waals surface area contributed by atoms with E-state index in [1.807, 2.05) is 6.92 Å². The highest BCUT2D eigenvalue weighted by atomic mass is 16.6. The van der Waals surface area contributed by atoms with Crippen molar-refractivity contribution in [1.82, 2.24) is 0 Å². The first-order valence-corrected chi connectivity index (χ1v) is 3.46. The topological polar surface area (TPSA) is 81.5 Å². The molecule has 0 aromatic rings. The molecular weight excluding hydrogens is 132 g/mol. The lowest BCUT2D eigenvalue weighted by atomic mass is 10.0. The average molecular weight is 146 g/mol. The number of nitrogens with two attached hydrogens (primary N) is 2. The fourth-order valence-electron chi connectivity index (χ4n) is 1.04. The van der Waals surface area contributed by atoms with Gasteiger partial charge in [-0.15, -0.1) is 0 Å². The molecule has 4 heteroatoms. The van der Waals surface area contributed by atoms with Crippen LogP contribution in [0.2, 0.25) is 0 Å². The summed E-state index contributed by atoms with van der Waals surface area (Å²) in [5, 5.41) is 9.06. The van der Waals surface area contributed by atoms with Crippen LogP contribution in [-0.2, 0) is 4.74 Å². The van der Waals surface area contributed by atoms with Gasteiger partial charge in [-0.2, -0.15) is 0 Å². The maximum atomic E-state index is 9.06. The molecule has 60 valence electrons. The van der Waals surface area contributed by atoms with Crippen molar-refractivity contribution < 1.29 is 9.84 Å². The first-order chi connectivity index (χ1) is 4.61. The molecule has 1 saturated heterocycles. The predicted molar refractivity (Wildman–Crippen MR) is 37.1 cm³/mol. The van der Waals surface area contributed by atoms with E-state index in [4.69, 9.17) is 21.3 Å². The summed E-state index contributed by atoms with van der Waals surface area (Å²) in [7, 11) is 0. The molecular formula is C6H14N2O2. The van der Waals surface area contributed by atoms with Gasteiger partial charge in [-0.05, 0) is 13.3 Å². The molecule has 4 nitrogen and oxygen atoms in total. The molecule has 0 aromatic heterocycles. The van der Waals surface area contributed by atoms with Gasteiger partial charge in [-0.1, -0.05) is 0 Å². The summed E-state index contributed by atoms with van der Waals surface area (Å²) < 4.78 is 5.02. The molecule has 0 bridgehead atoms. The number of hydrogen-bond acceptors (Lipinski definition) is 4. The Morgan fingerprint density at radius 1 is 1.40 bits per heavy atom. The smallest absolute Gasteiger partial charge is 0.170 e. The molecule has 1 rings (SSSR count). The van der Waals surface area contributed by atoms with Crippen molar-refractivity contribution in [2.45, 2.75) is 37.8 Å². The third-order valence-electron chi connectivity index (χ3n) is 1.87. The number of rotatable bonds is 0. The zero-order chi connectivity index (χ0) is 7.72. The van der Waals surface area contributed by atoms with Gasteiger partial charge in [0.05, 0.1) is 12.1 Å². The summed E-state index contributed by atoms with van der Waals surface area (Å²) in [5.74, 6) is 0. The average Bonchev–Trinajstić information content (AvgIpc) is 1.84. The van der Waals surface area contributed by atoms with E-state index in [1.54, 1.807) is 0 Å². The van der Waals surface area contributed by atoms with Gasteiger partial charge in [0.15, 0.2) is 6.29 Å². The van der Waals surface area contributed by atoms with Crippen molar-refractivity contribution in [2.75, 3.05) is 0 Å². The highest BCUT2D eigenvalue weighted by Gasteiger charge is 2.29. The van der Waals surface area contributed by atoms with Gasteiger partial charge in [-0.3, -0.25) is 0 Å². The van der Waals surface area contributed by atoms with E-state index in [-0.39, 0.29) is 18.2 Å². The first kappa shape index (κ1) is 7.94. The molecule has 4 atom stereocenters. The van der Waals surface area contributed by atoms with Crippen molar-refractivity contribution in [3.8, 4) is 0 Å². The highest BCUT2D eigenvalue weighted by molar-refractivity contribution is 4.82. The lowest BCUT2D eigenvalue weighted by molar-refractivity contribution is -0.172.